The van der Waals surface area contributed by atoms with Crippen molar-refractivity contribution in [1.29, 1.82) is 0 Å². The fourth-order valence-electron chi connectivity index (χ4n) is 0.0577. The van der Waals surface area contributed by atoms with Crippen LogP contribution in [0.15, 0.2) is 0 Å². The maximum absolute atomic E-state index is 8.41. The zero-order valence-electron chi connectivity index (χ0n) is 5.94. The Balaban J connectivity index is -0.000000114. The fraction of sp³-hybridized carbons (Fsp3) is 1.00. The average Bonchev–Trinajstić information content (AvgIpc) is 1.85. The van der Waals surface area contributed by atoms with Crippen molar-refractivity contribution in [2.75, 3.05) is 13.2 Å². The summed E-state index contributed by atoms with van der Waals surface area (Å²) in [4.78, 5) is 0. The number of hydrogen-bond acceptors (Lipinski definition) is 6. The zero-order valence-corrected chi connectivity index (χ0v) is 9.81. The summed E-state index contributed by atoms with van der Waals surface area (Å²) in [5.74, 6) is 0. The van der Waals surface area contributed by atoms with Crippen LogP contribution in [0.4, 0.5) is 0 Å². The minimum Gasteiger partial charge on any atom is -0.394 e. The van der Waals surface area contributed by atoms with Crippen LogP contribution < -0.4 is 65.4 Å². The van der Waals surface area contributed by atoms with Gasteiger partial charge in [0, 0.05) is 0 Å². The van der Waals surface area contributed by atoms with Crippen LogP contribution in [0.25, 0.3) is 0 Å². The molecule has 0 unspecified atom stereocenters. The molecule has 0 aliphatic carbocycles. The van der Waals surface area contributed by atoms with Gasteiger partial charge in [0.15, 0.2) is 0 Å². The molecular formula is C3H8ClKO6. The van der Waals surface area contributed by atoms with Crippen LogP contribution in [0.2, 0.25) is 0 Å². The van der Waals surface area contributed by atoms with Crippen LogP contribution in [0.1, 0.15) is 0 Å². The second kappa shape index (κ2) is 14.2. The summed E-state index contributed by atoms with van der Waals surface area (Å²) in [5, 5.41) is 24.0. The second-order valence-corrected chi connectivity index (χ2v) is 1.59. The Morgan fingerprint density at radius 3 is 1.27 bits per heavy atom. The molecule has 64 valence electrons. The Labute approximate surface area is 109 Å². The summed E-state index contributed by atoms with van der Waals surface area (Å²) < 4.78 is 25.2. The number of aliphatic hydroxyl groups is 3. The van der Waals surface area contributed by atoms with Crippen LogP contribution in [0.5, 0.6) is 0 Å². The third kappa shape index (κ3) is 33.9. The maximum atomic E-state index is 8.41. The van der Waals surface area contributed by atoms with Gasteiger partial charge in [0.05, 0.1) is 24.0 Å². The molecule has 3 N–H and O–H groups in total. The predicted octanol–water partition coefficient (Wildman–Crippen LogP) is -8.23. The van der Waals surface area contributed by atoms with Gasteiger partial charge in [0.1, 0.15) is 6.10 Å². The summed E-state index contributed by atoms with van der Waals surface area (Å²) in [6.45, 7) is -0.729. The van der Waals surface area contributed by atoms with Crippen molar-refractivity contribution in [3.63, 3.8) is 0 Å². The molecule has 0 aromatic carbocycles. The summed E-state index contributed by atoms with van der Waals surface area (Å²) in [6, 6.07) is 0. The van der Waals surface area contributed by atoms with Gasteiger partial charge in [-0.3, -0.25) is 0 Å². The molecule has 0 aliphatic heterocycles. The molecule has 0 heterocycles. The molecule has 0 fully saturated rings. The van der Waals surface area contributed by atoms with Crippen LogP contribution in [-0.2, 0) is 0 Å². The van der Waals surface area contributed by atoms with Gasteiger partial charge in [-0.25, -0.2) is 0 Å². The third-order valence-electron chi connectivity index (χ3n) is 0.421. The average molecular weight is 215 g/mol. The van der Waals surface area contributed by atoms with Gasteiger partial charge in [-0.05, 0) is 0 Å². The SMILES string of the molecule is OCC(O)CO.[K+].[O-][Cl+2]([O-])[O-]. The van der Waals surface area contributed by atoms with E-state index in [1.54, 1.807) is 0 Å². The minimum absolute atomic E-state index is 0. The molecular weight excluding hydrogens is 207 g/mol. The van der Waals surface area contributed by atoms with Crippen molar-refractivity contribution in [2.24, 2.45) is 0 Å². The van der Waals surface area contributed by atoms with Gasteiger partial charge in [-0.1, -0.05) is 0 Å². The molecule has 0 aliphatic rings. The molecule has 0 radical (unpaired) electrons. The van der Waals surface area contributed by atoms with Gasteiger partial charge >= 0.3 is 51.4 Å². The van der Waals surface area contributed by atoms with Gasteiger partial charge in [0.2, 0.25) is 0 Å². The molecule has 8 heteroatoms. The van der Waals surface area contributed by atoms with Crippen molar-refractivity contribution in [2.45, 2.75) is 6.10 Å². The first-order valence-electron chi connectivity index (χ1n) is 2.17. The van der Waals surface area contributed by atoms with Crippen LogP contribution in [0.3, 0.4) is 0 Å². The summed E-state index contributed by atoms with van der Waals surface area (Å²) >= 11 is 0. The van der Waals surface area contributed by atoms with Crippen molar-refractivity contribution < 1.29 is 91.5 Å². The molecule has 0 saturated heterocycles. The predicted molar refractivity (Wildman–Crippen MR) is 20.2 cm³/mol. The first kappa shape index (κ1) is 18.5. The number of rotatable bonds is 2. The van der Waals surface area contributed by atoms with E-state index in [-0.39, 0.29) is 64.6 Å². The van der Waals surface area contributed by atoms with E-state index in [9.17, 15) is 0 Å². The minimum atomic E-state index is -2.85. The molecule has 0 atom stereocenters. The fourth-order valence-corrected chi connectivity index (χ4v) is 0.0577. The largest absolute Gasteiger partial charge is 1.00 e. The van der Waals surface area contributed by atoms with Crippen molar-refractivity contribution in [3.8, 4) is 0 Å². The third-order valence-corrected chi connectivity index (χ3v) is 0.421. The van der Waals surface area contributed by atoms with Gasteiger partial charge in [-0.2, -0.15) is 0 Å². The van der Waals surface area contributed by atoms with Crippen LogP contribution in [-0.4, -0.2) is 34.6 Å². The first-order chi connectivity index (χ1) is 4.54. The second-order valence-electron chi connectivity index (χ2n) is 1.21. The van der Waals surface area contributed by atoms with Gasteiger partial charge in [-0.15, -0.1) is 0 Å². The molecule has 0 amide bonds. The number of hydrogen-bond donors (Lipinski definition) is 3. The maximum Gasteiger partial charge on any atom is 1.00 e. The normalized spacial score (nSPS) is 8.73. The van der Waals surface area contributed by atoms with E-state index in [1.165, 1.54) is 0 Å². The smallest absolute Gasteiger partial charge is 0.394 e. The molecule has 0 aromatic heterocycles. The molecule has 0 spiro atoms. The summed E-state index contributed by atoms with van der Waals surface area (Å²) in [6.07, 6.45) is -0.954. The molecule has 0 aromatic rings. The van der Waals surface area contributed by atoms with E-state index in [4.69, 9.17) is 29.3 Å². The van der Waals surface area contributed by atoms with E-state index in [1.807, 2.05) is 0 Å². The molecule has 0 saturated carbocycles. The number of halogens is 1. The topological polar surface area (TPSA) is 130 Å². The van der Waals surface area contributed by atoms with E-state index in [0.717, 1.165) is 0 Å². The van der Waals surface area contributed by atoms with Gasteiger partial charge in [0.25, 0.3) is 0 Å². The Bertz CT molecular complexity index is 57.0. The summed E-state index contributed by atoms with van der Waals surface area (Å²) in [7, 11) is -2.85. The van der Waals surface area contributed by atoms with E-state index in [0.29, 0.717) is 0 Å². The Morgan fingerprint density at radius 1 is 1.09 bits per heavy atom. The van der Waals surface area contributed by atoms with Crippen LogP contribution in [0, 0.1) is 10.8 Å². The molecule has 0 rings (SSSR count). The Morgan fingerprint density at radius 2 is 1.27 bits per heavy atom. The van der Waals surface area contributed by atoms with E-state index in [2.05, 4.69) is 0 Å². The number of aliphatic hydroxyl groups excluding tert-OH is 3. The Kier molecular flexibility index (Phi) is 23.9. The van der Waals surface area contributed by atoms with E-state index >= 15 is 0 Å². The Hall–Kier alpha value is 1.69. The van der Waals surface area contributed by atoms with Crippen molar-refractivity contribution in [1.82, 2.24) is 0 Å². The molecule has 6 nitrogen and oxygen atoms in total. The van der Waals surface area contributed by atoms with Crippen LogP contribution >= 0.6 is 0 Å². The monoisotopic (exact) mass is 214 g/mol. The molecule has 0 bridgehead atoms. The van der Waals surface area contributed by atoms with Crippen molar-refractivity contribution >= 4 is 0 Å². The standard InChI is InChI=1S/C3H8O3.ClO3.K/c4-1-3(6)2-5;2-1(3)4;/h3-6H,1-2H2;;/q;-1;+1. The van der Waals surface area contributed by atoms with E-state index < -0.39 is 16.9 Å². The van der Waals surface area contributed by atoms with Gasteiger partial charge < -0.3 is 29.3 Å². The first-order valence-corrected chi connectivity index (χ1v) is 3.10. The zero-order chi connectivity index (χ0) is 8.57. The summed E-state index contributed by atoms with van der Waals surface area (Å²) in [5.41, 5.74) is 0. The molecule has 11 heavy (non-hydrogen) atoms. The van der Waals surface area contributed by atoms with Crippen molar-refractivity contribution in [3.05, 3.63) is 0 Å². The quantitative estimate of drug-likeness (QED) is 0.392.